The molecule has 1 fully saturated rings. The average molecular weight is 427 g/mol. The summed E-state index contributed by atoms with van der Waals surface area (Å²) in [7, 11) is 0. The molecule has 3 heterocycles. The van der Waals surface area contributed by atoms with E-state index in [1.807, 2.05) is 19.3 Å². The Balaban J connectivity index is 1.41. The highest BCUT2D eigenvalue weighted by molar-refractivity contribution is 5.59. The Morgan fingerprint density at radius 3 is 2.45 bits per heavy atom. The lowest BCUT2D eigenvalue weighted by Gasteiger charge is -2.31. The minimum Gasteiger partial charge on any atom is -0.299 e. The Labute approximate surface area is 179 Å². The predicted octanol–water partition coefficient (Wildman–Crippen LogP) is 4.89. The van der Waals surface area contributed by atoms with Gasteiger partial charge in [0.1, 0.15) is 5.82 Å². The van der Waals surface area contributed by atoms with Crippen LogP contribution in [-0.2, 0) is 19.1 Å². The summed E-state index contributed by atoms with van der Waals surface area (Å²) in [5.74, 6) is 1.09. The number of hydrogen-bond donors (Lipinski definition) is 0. The third-order valence-electron chi connectivity index (χ3n) is 5.63. The Morgan fingerprint density at radius 2 is 1.77 bits per heavy atom. The van der Waals surface area contributed by atoms with Crippen molar-refractivity contribution in [2.75, 3.05) is 13.1 Å². The molecule has 8 heteroatoms. The molecular weight excluding hydrogens is 403 g/mol. The molecule has 0 saturated carbocycles. The van der Waals surface area contributed by atoms with Crippen LogP contribution in [0.5, 0.6) is 0 Å². The summed E-state index contributed by atoms with van der Waals surface area (Å²) in [4.78, 5) is 20.0. The molecule has 0 aliphatic carbocycles. The maximum atomic E-state index is 13.0. The quantitative estimate of drug-likeness (QED) is 0.580. The maximum absolute atomic E-state index is 13.0. The van der Waals surface area contributed by atoms with E-state index in [2.05, 4.69) is 24.8 Å². The van der Waals surface area contributed by atoms with Gasteiger partial charge in [-0.3, -0.25) is 9.88 Å². The van der Waals surface area contributed by atoms with Crippen molar-refractivity contribution in [2.45, 2.75) is 44.8 Å². The first-order valence-corrected chi connectivity index (χ1v) is 10.4. The number of alkyl halides is 3. The van der Waals surface area contributed by atoms with E-state index in [4.69, 9.17) is 0 Å². The van der Waals surface area contributed by atoms with Crippen molar-refractivity contribution in [3.63, 3.8) is 0 Å². The molecule has 5 nitrogen and oxygen atoms in total. The standard InChI is InChI=1S/C23H24F3N5/c1-2-22-28-11-16(12-29-22)15-31-8-6-17(7-9-31)20-13-27-14-21(30-20)18-4-3-5-19(10-18)23(24,25)26/h3-5,10-14,17H,2,6-9,15H2,1H3. The van der Waals surface area contributed by atoms with E-state index in [0.717, 1.165) is 68.1 Å². The lowest BCUT2D eigenvalue weighted by atomic mass is 9.93. The van der Waals surface area contributed by atoms with E-state index >= 15 is 0 Å². The summed E-state index contributed by atoms with van der Waals surface area (Å²) >= 11 is 0. The molecule has 1 saturated heterocycles. The summed E-state index contributed by atoms with van der Waals surface area (Å²) in [6, 6.07) is 5.24. The van der Waals surface area contributed by atoms with Crippen molar-refractivity contribution < 1.29 is 13.2 Å². The molecule has 2 aromatic heterocycles. The molecule has 4 rings (SSSR count). The Hall–Kier alpha value is -2.87. The van der Waals surface area contributed by atoms with E-state index < -0.39 is 11.7 Å². The summed E-state index contributed by atoms with van der Waals surface area (Å²) in [5.41, 5.74) is 2.16. The first-order valence-electron chi connectivity index (χ1n) is 10.4. The zero-order valence-corrected chi connectivity index (χ0v) is 17.3. The number of aromatic nitrogens is 4. The van der Waals surface area contributed by atoms with Crippen molar-refractivity contribution in [3.05, 3.63) is 71.7 Å². The van der Waals surface area contributed by atoms with Crippen molar-refractivity contribution in [1.82, 2.24) is 24.8 Å². The van der Waals surface area contributed by atoms with Crippen LogP contribution < -0.4 is 0 Å². The van der Waals surface area contributed by atoms with Gasteiger partial charge >= 0.3 is 6.18 Å². The smallest absolute Gasteiger partial charge is 0.299 e. The van der Waals surface area contributed by atoms with E-state index in [1.165, 1.54) is 12.3 Å². The van der Waals surface area contributed by atoms with Gasteiger partial charge in [-0.25, -0.2) is 15.0 Å². The normalized spacial score (nSPS) is 15.9. The van der Waals surface area contributed by atoms with Crippen molar-refractivity contribution >= 4 is 0 Å². The highest BCUT2D eigenvalue weighted by Crippen LogP contribution is 2.32. The van der Waals surface area contributed by atoms with Gasteiger partial charge in [-0.05, 0) is 38.1 Å². The maximum Gasteiger partial charge on any atom is 0.416 e. The van der Waals surface area contributed by atoms with Gasteiger partial charge in [0.15, 0.2) is 0 Å². The van der Waals surface area contributed by atoms with Crippen molar-refractivity contribution in [2.24, 2.45) is 0 Å². The van der Waals surface area contributed by atoms with Gasteiger partial charge in [-0.15, -0.1) is 0 Å². The monoisotopic (exact) mass is 427 g/mol. The number of aryl methyl sites for hydroxylation is 1. The minimum atomic E-state index is -4.38. The Kier molecular flexibility index (Phi) is 6.27. The highest BCUT2D eigenvalue weighted by atomic mass is 19.4. The summed E-state index contributed by atoms with van der Waals surface area (Å²) in [6.07, 6.45) is 5.33. The second kappa shape index (κ2) is 9.09. The van der Waals surface area contributed by atoms with E-state index in [9.17, 15) is 13.2 Å². The molecule has 0 atom stereocenters. The van der Waals surface area contributed by atoms with Gasteiger partial charge < -0.3 is 0 Å². The number of rotatable bonds is 5. The first kappa shape index (κ1) is 21.4. The third-order valence-corrected chi connectivity index (χ3v) is 5.63. The molecule has 0 bridgehead atoms. The predicted molar refractivity (Wildman–Crippen MR) is 111 cm³/mol. The highest BCUT2D eigenvalue weighted by Gasteiger charge is 2.30. The number of nitrogens with zero attached hydrogens (tertiary/aromatic N) is 5. The lowest BCUT2D eigenvalue weighted by molar-refractivity contribution is -0.137. The fourth-order valence-corrected chi connectivity index (χ4v) is 3.86. The molecule has 162 valence electrons. The molecule has 0 unspecified atom stereocenters. The third kappa shape index (κ3) is 5.25. The fraction of sp³-hybridized carbons (Fsp3) is 0.391. The zero-order chi connectivity index (χ0) is 21.8. The van der Waals surface area contributed by atoms with Crippen LogP contribution in [0.1, 0.15) is 48.3 Å². The molecular formula is C23H24F3N5. The number of hydrogen-bond acceptors (Lipinski definition) is 5. The van der Waals surface area contributed by atoms with Gasteiger partial charge in [-0.2, -0.15) is 13.2 Å². The number of piperidine rings is 1. The molecule has 1 aliphatic rings. The summed E-state index contributed by atoms with van der Waals surface area (Å²) < 4.78 is 39.1. The van der Waals surface area contributed by atoms with Gasteiger partial charge in [0.25, 0.3) is 0 Å². The van der Waals surface area contributed by atoms with Gasteiger partial charge in [0.05, 0.1) is 23.1 Å². The van der Waals surface area contributed by atoms with Crippen molar-refractivity contribution in [1.29, 1.82) is 0 Å². The van der Waals surface area contributed by atoms with Crippen LogP contribution >= 0.6 is 0 Å². The number of halogens is 3. The molecule has 3 aromatic rings. The molecule has 31 heavy (non-hydrogen) atoms. The van der Waals surface area contributed by atoms with Gasteiger partial charge in [0.2, 0.25) is 0 Å². The van der Waals surface area contributed by atoms with E-state index in [0.29, 0.717) is 11.3 Å². The van der Waals surface area contributed by atoms with E-state index in [-0.39, 0.29) is 5.92 Å². The van der Waals surface area contributed by atoms with Crippen LogP contribution in [0.15, 0.2) is 49.1 Å². The molecule has 1 aliphatic heterocycles. The second-order valence-corrected chi connectivity index (χ2v) is 7.82. The molecule has 0 radical (unpaired) electrons. The minimum absolute atomic E-state index is 0.244. The molecule has 0 N–H and O–H groups in total. The average Bonchev–Trinajstić information content (AvgIpc) is 2.80. The SMILES string of the molecule is CCc1ncc(CN2CCC(c3cncc(-c4cccc(C(F)(F)F)c4)n3)CC2)cn1. The second-order valence-electron chi connectivity index (χ2n) is 7.82. The molecule has 0 amide bonds. The van der Waals surface area contributed by atoms with Gasteiger partial charge in [0, 0.05) is 48.6 Å². The Bertz CT molecular complexity index is 1010. The van der Waals surface area contributed by atoms with Crippen molar-refractivity contribution in [3.8, 4) is 11.3 Å². The summed E-state index contributed by atoms with van der Waals surface area (Å²) in [6.45, 7) is 4.67. The number of likely N-dealkylation sites (tertiary alicyclic amines) is 1. The van der Waals surface area contributed by atoms with Crippen LogP contribution in [0.2, 0.25) is 0 Å². The van der Waals surface area contributed by atoms with E-state index in [1.54, 1.807) is 12.3 Å². The van der Waals surface area contributed by atoms with Crippen LogP contribution in [-0.4, -0.2) is 37.9 Å². The topological polar surface area (TPSA) is 54.8 Å². The lowest BCUT2D eigenvalue weighted by Crippen LogP contribution is -2.32. The van der Waals surface area contributed by atoms with Crippen LogP contribution in [0.25, 0.3) is 11.3 Å². The summed E-state index contributed by atoms with van der Waals surface area (Å²) in [5, 5.41) is 0. The molecule has 0 spiro atoms. The molecule has 1 aromatic carbocycles. The first-order chi connectivity index (χ1) is 14.9. The fourth-order valence-electron chi connectivity index (χ4n) is 3.86. The van der Waals surface area contributed by atoms with Gasteiger partial charge in [-0.1, -0.05) is 19.1 Å². The van der Waals surface area contributed by atoms with Crippen LogP contribution in [0.3, 0.4) is 0 Å². The zero-order valence-electron chi connectivity index (χ0n) is 17.3. The Morgan fingerprint density at radius 1 is 1.03 bits per heavy atom. The number of benzene rings is 1. The van der Waals surface area contributed by atoms with Crippen LogP contribution in [0.4, 0.5) is 13.2 Å². The van der Waals surface area contributed by atoms with Crippen LogP contribution in [0, 0.1) is 0 Å². The largest absolute Gasteiger partial charge is 0.416 e.